The Balaban J connectivity index is 0. The lowest BCUT2D eigenvalue weighted by atomic mass is 10.5. The summed E-state index contributed by atoms with van der Waals surface area (Å²) in [6, 6.07) is 0. The van der Waals surface area contributed by atoms with Crippen LogP contribution in [0.25, 0.3) is 0 Å². The van der Waals surface area contributed by atoms with Crippen LogP contribution in [0.3, 0.4) is 0 Å². The molecule has 0 heterocycles. The van der Waals surface area contributed by atoms with Crippen molar-refractivity contribution in [2.45, 2.75) is 6.92 Å². The summed E-state index contributed by atoms with van der Waals surface area (Å²) in [5.74, 6) is -2.51. The molecule has 0 saturated heterocycles. The predicted octanol–water partition coefficient (Wildman–Crippen LogP) is -0.0625. The molecular weight excluding hydrogens is 162 g/mol. The van der Waals surface area contributed by atoms with Gasteiger partial charge in [-0.2, -0.15) is 0 Å². The number of hydrogen-bond acceptors (Lipinski definition) is 3. The molecule has 0 aromatic heterocycles. The highest BCUT2D eigenvalue weighted by Gasteiger charge is 1.88. The van der Waals surface area contributed by atoms with Crippen LogP contribution >= 0.6 is 0 Å². The third-order valence-electron chi connectivity index (χ3n) is 0.722. The minimum atomic E-state index is -1.26. The predicted molar refractivity (Wildman–Crippen MR) is 44.0 cm³/mol. The van der Waals surface area contributed by atoms with Gasteiger partial charge < -0.3 is 15.5 Å². The number of nitrogens with one attached hydrogen (secondary N) is 1. The fourth-order valence-electron chi connectivity index (χ4n) is 0.143. The standard InChI is InChI=1S/C4H4O4.C3H9N/c5-3(6)1-2-4(7)8;1-3-4-2/h1-2H,(H,5,6)(H,7,8);4H,3H2,1-2H3/b2-1+;. The molecule has 0 radical (unpaired) electrons. The fourth-order valence-corrected chi connectivity index (χ4v) is 0.143. The van der Waals surface area contributed by atoms with Crippen LogP contribution in [0.1, 0.15) is 6.92 Å². The normalized spacial score (nSPS) is 8.83. The second-order valence-corrected chi connectivity index (χ2v) is 1.72. The highest BCUT2D eigenvalue weighted by Crippen LogP contribution is 1.70. The van der Waals surface area contributed by atoms with Crippen molar-refractivity contribution in [3.63, 3.8) is 0 Å². The van der Waals surface area contributed by atoms with Crippen LogP contribution in [0, 0.1) is 0 Å². The second kappa shape index (κ2) is 9.64. The van der Waals surface area contributed by atoms with Gasteiger partial charge in [0.05, 0.1) is 0 Å². The first-order chi connectivity index (χ1) is 5.54. The van der Waals surface area contributed by atoms with Gasteiger partial charge in [0.1, 0.15) is 0 Å². The van der Waals surface area contributed by atoms with E-state index in [-0.39, 0.29) is 0 Å². The van der Waals surface area contributed by atoms with Crippen molar-refractivity contribution < 1.29 is 19.8 Å². The number of hydrogen-bond donors (Lipinski definition) is 3. The molecule has 0 spiro atoms. The summed E-state index contributed by atoms with van der Waals surface area (Å²) in [7, 11) is 1.93. The molecule has 0 atom stereocenters. The average Bonchev–Trinajstić information content (AvgIpc) is 2.01. The minimum absolute atomic E-state index is 0.558. The zero-order chi connectivity index (χ0) is 9.98. The van der Waals surface area contributed by atoms with Crippen LogP contribution in [0.2, 0.25) is 0 Å². The van der Waals surface area contributed by atoms with Crippen LogP contribution in [-0.2, 0) is 9.59 Å². The molecular formula is C7H13NO4. The Morgan fingerprint density at radius 2 is 1.50 bits per heavy atom. The summed E-state index contributed by atoms with van der Waals surface area (Å²) in [5.41, 5.74) is 0. The Bertz CT molecular complexity index is 147. The van der Waals surface area contributed by atoms with Gasteiger partial charge in [-0.25, -0.2) is 9.59 Å². The molecule has 0 bridgehead atoms. The van der Waals surface area contributed by atoms with Crippen molar-refractivity contribution in [2.24, 2.45) is 0 Å². The smallest absolute Gasteiger partial charge is 0.328 e. The maximum Gasteiger partial charge on any atom is 0.328 e. The van der Waals surface area contributed by atoms with Gasteiger partial charge in [0, 0.05) is 12.2 Å². The summed E-state index contributed by atoms with van der Waals surface area (Å²) in [5, 5.41) is 18.6. The van der Waals surface area contributed by atoms with Crippen molar-refractivity contribution >= 4 is 11.9 Å². The molecule has 12 heavy (non-hydrogen) atoms. The van der Waals surface area contributed by atoms with Gasteiger partial charge in [0.15, 0.2) is 0 Å². The molecule has 0 aliphatic heterocycles. The summed E-state index contributed by atoms with van der Waals surface area (Å²) in [6.45, 7) is 3.14. The largest absolute Gasteiger partial charge is 0.478 e. The van der Waals surface area contributed by atoms with Crippen molar-refractivity contribution in [1.29, 1.82) is 0 Å². The Kier molecular flexibility index (Phi) is 10.6. The molecule has 3 N–H and O–H groups in total. The van der Waals surface area contributed by atoms with Gasteiger partial charge in [0.2, 0.25) is 0 Å². The monoisotopic (exact) mass is 175 g/mol. The first-order valence-electron chi connectivity index (χ1n) is 3.33. The molecule has 5 nitrogen and oxygen atoms in total. The highest BCUT2D eigenvalue weighted by molar-refractivity contribution is 5.89. The molecule has 0 aromatic carbocycles. The van der Waals surface area contributed by atoms with E-state index in [0.717, 1.165) is 6.54 Å². The highest BCUT2D eigenvalue weighted by atomic mass is 16.4. The van der Waals surface area contributed by atoms with Gasteiger partial charge in [-0.3, -0.25) is 0 Å². The fraction of sp³-hybridized carbons (Fsp3) is 0.429. The Morgan fingerprint density at radius 3 is 1.58 bits per heavy atom. The van der Waals surface area contributed by atoms with Gasteiger partial charge in [-0.15, -0.1) is 0 Å². The quantitative estimate of drug-likeness (QED) is 0.523. The Morgan fingerprint density at radius 1 is 1.25 bits per heavy atom. The minimum Gasteiger partial charge on any atom is -0.478 e. The third kappa shape index (κ3) is 23.4. The SMILES string of the molecule is CCNC.O=C(O)/C=C/C(=O)O. The molecule has 0 aliphatic carbocycles. The molecule has 0 fully saturated rings. The van der Waals surface area contributed by atoms with E-state index in [1.165, 1.54) is 0 Å². The number of aliphatic carboxylic acids is 2. The van der Waals surface area contributed by atoms with E-state index >= 15 is 0 Å². The average molecular weight is 175 g/mol. The Labute approximate surface area is 70.7 Å². The van der Waals surface area contributed by atoms with Crippen molar-refractivity contribution in [1.82, 2.24) is 5.32 Å². The number of carboxylic acid groups (broad SMARTS) is 2. The zero-order valence-electron chi connectivity index (χ0n) is 7.07. The lowest BCUT2D eigenvalue weighted by molar-refractivity contribution is -0.134. The lowest BCUT2D eigenvalue weighted by Crippen LogP contribution is -2.01. The molecule has 0 saturated carbocycles. The van der Waals surface area contributed by atoms with Crippen LogP contribution < -0.4 is 5.32 Å². The molecule has 0 aromatic rings. The van der Waals surface area contributed by atoms with Crippen molar-refractivity contribution in [3.05, 3.63) is 12.2 Å². The van der Waals surface area contributed by atoms with E-state index in [0.29, 0.717) is 12.2 Å². The molecule has 0 aliphatic rings. The van der Waals surface area contributed by atoms with Crippen molar-refractivity contribution in [2.75, 3.05) is 13.6 Å². The van der Waals surface area contributed by atoms with E-state index in [2.05, 4.69) is 12.2 Å². The summed E-state index contributed by atoms with van der Waals surface area (Å²) < 4.78 is 0. The summed E-state index contributed by atoms with van der Waals surface area (Å²) in [4.78, 5) is 19.1. The van der Waals surface area contributed by atoms with Gasteiger partial charge in [-0.1, -0.05) is 6.92 Å². The first-order valence-corrected chi connectivity index (χ1v) is 3.33. The summed E-state index contributed by atoms with van der Waals surface area (Å²) in [6.07, 6.45) is 1.12. The van der Waals surface area contributed by atoms with E-state index in [1.807, 2.05) is 7.05 Å². The van der Waals surface area contributed by atoms with Crippen LogP contribution in [0.5, 0.6) is 0 Å². The second-order valence-electron chi connectivity index (χ2n) is 1.72. The number of carbonyl (C=O) groups is 2. The topological polar surface area (TPSA) is 86.6 Å². The zero-order valence-corrected chi connectivity index (χ0v) is 7.07. The molecule has 0 rings (SSSR count). The van der Waals surface area contributed by atoms with E-state index in [1.54, 1.807) is 0 Å². The third-order valence-corrected chi connectivity index (χ3v) is 0.722. The van der Waals surface area contributed by atoms with Gasteiger partial charge >= 0.3 is 11.9 Å². The Hall–Kier alpha value is -1.36. The molecule has 70 valence electrons. The van der Waals surface area contributed by atoms with E-state index < -0.39 is 11.9 Å². The van der Waals surface area contributed by atoms with Crippen molar-refractivity contribution in [3.8, 4) is 0 Å². The number of rotatable bonds is 3. The van der Waals surface area contributed by atoms with Gasteiger partial charge in [-0.05, 0) is 13.6 Å². The summed E-state index contributed by atoms with van der Waals surface area (Å²) >= 11 is 0. The van der Waals surface area contributed by atoms with E-state index in [4.69, 9.17) is 10.2 Å². The van der Waals surface area contributed by atoms with Crippen LogP contribution in [0.4, 0.5) is 0 Å². The molecule has 0 amide bonds. The molecule has 5 heteroatoms. The molecule has 0 unspecified atom stereocenters. The maximum atomic E-state index is 9.55. The van der Waals surface area contributed by atoms with Crippen LogP contribution in [0.15, 0.2) is 12.2 Å². The van der Waals surface area contributed by atoms with E-state index in [9.17, 15) is 9.59 Å². The lowest BCUT2D eigenvalue weighted by Gasteiger charge is -1.76. The first kappa shape index (κ1) is 13.2. The number of carboxylic acids is 2. The van der Waals surface area contributed by atoms with Crippen LogP contribution in [-0.4, -0.2) is 35.7 Å². The van der Waals surface area contributed by atoms with Gasteiger partial charge in [0.25, 0.3) is 0 Å². The maximum absolute atomic E-state index is 9.55.